The minimum Gasteiger partial charge on any atom is -0.458 e. The van der Waals surface area contributed by atoms with Crippen LogP contribution in [0.4, 0.5) is 62.6 Å². The smallest absolute Gasteiger partial charge is 0.255 e. The summed E-state index contributed by atoms with van der Waals surface area (Å²) in [5.41, 5.74) is 23.4. The van der Waals surface area contributed by atoms with Gasteiger partial charge in [-0.3, -0.25) is 0 Å². The average Bonchev–Trinajstić information content (AvgIpc) is 1.91. The number of hydrogen-bond donors (Lipinski definition) is 0. The molecule has 408 valence electrons. The minimum atomic E-state index is -0.156. The summed E-state index contributed by atoms with van der Waals surface area (Å²) in [6.45, 7) is -0.138. The number of anilines is 11. The molecule has 0 radical (unpaired) electrons. The number of hydrogen-bond acceptors (Lipinski definition) is 7. The first-order chi connectivity index (χ1) is 43.2. The van der Waals surface area contributed by atoms with Crippen molar-refractivity contribution < 1.29 is 9.15 Å². The van der Waals surface area contributed by atoms with Gasteiger partial charge in [0.1, 0.15) is 22.7 Å². The van der Waals surface area contributed by atoms with Gasteiger partial charge in [0.25, 0.3) is 6.71 Å². The topological polar surface area (TPSA) is 35.3 Å². The Labute approximate surface area is 510 Å². The number of benzene rings is 12. The molecule has 9 heteroatoms. The number of nitrogens with zero attached hydrogens (tertiary/aromatic N) is 4. The van der Waals surface area contributed by atoms with E-state index in [2.05, 4.69) is 323 Å². The van der Waals surface area contributed by atoms with Crippen LogP contribution in [0.3, 0.4) is 0 Å². The minimum absolute atomic E-state index is 0.00756. The molecular weight excluding hydrogens is 1080 g/mol. The first-order valence-electron chi connectivity index (χ1n) is 30.0. The van der Waals surface area contributed by atoms with Crippen LogP contribution >= 0.6 is 11.8 Å². The summed E-state index contributed by atoms with van der Waals surface area (Å²) < 4.78 is 14.2. The van der Waals surface area contributed by atoms with Crippen molar-refractivity contribution in [2.75, 3.05) is 19.6 Å². The second-order valence-electron chi connectivity index (χ2n) is 23.0. The third kappa shape index (κ3) is 7.86. The van der Waals surface area contributed by atoms with Crippen LogP contribution in [0.2, 0.25) is 5.82 Å². The van der Waals surface area contributed by atoms with E-state index in [4.69, 9.17) is 9.15 Å². The highest BCUT2D eigenvalue weighted by Gasteiger charge is 2.52. The van der Waals surface area contributed by atoms with Gasteiger partial charge in [-0.2, -0.15) is 0 Å². The van der Waals surface area contributed by atoms with Crippen LogP contribution in [0.25, 0.3) is 33.1 Å². The lowest BCUT2D eigenvalue weighted by Crippen LogP contribution is -2.59. The maximum absolute atomic E-state index is 7.37. The van der Waals surface area contributed by atoms with Gasteiger partial charge >= 0.3 is 0 Å². The van der Waals surface area contributed by atoms with E-state index >= 15 is 0 Å². The third-order valence-corrected chi connectivity index (χ3v) is 19.6. The van der Waals surface area contributed by atoms with Crippen molar-refractivity contribution in [3.8, 4) is 22.6 Å². The van der Waals surface area contributed by atoms with Crippen LogP contribution < -0.4 is 46.2 Å². The van der Waals surface area contributed by atoms with E-state index in [1.165, 1.54) is 38.4 Å². The fraction of sp³-hybridized carbons (Fsp3) is 0.0256. The molecule has 0 amide bonds. The van der Waals surface area contributed by atoms with Gasteiger partial charge < -0.3 is 28.8 Å². The zero-order chi connectivity index (χ0) is 57.1. The van der Waals surface area contributed by atoms with E-state index in [9.17, 15) is 0 Å². The molecule has 12 aromatic carbocycles. The van der Waals surface area contributed by atoms with E-state index in [-0.39, 0.29) is 24.5 Å². The predicted octanol–water partition coefficient (Wildman–Crippen LogP) is 18.4. The number of para-hydroxylation sites is 8. The molecule has 18 rings (SSSR count). The van der Waals surface area contributed by atoms with Gasteiger partial charge in [-0.15, -0.1) is 11.8 Å². The highest BCUT2D eigenvalue weighted by molar-refractivity contribution is 8.00. The second-order valence-corrected chi connectivity index (χ2v) is 24.2. The zero-order valence-electron chi connectivity index (χ0n) is 47.2. The Kier molecular flexibility index (Phi) is 11.5. The van der Waals surface area contributed by atoms with Gasteiger partial charge in [0.05, 0.1) is 11.4 Å². The van der Waals surface area contributed by atoms with Gasteiger partial charge in [0.2, 0.25) is 6.71 Å². The van der Waals surface area contributed by atoms with Gasteiger partial charge in [-0.1, -0.05) is 182 Å². The van der Waals surface area contributed by atoms with Crippen LogP contribution in [-0.4, -0.2) is 18.7 Å². The Morgan fingerprint density at radius 3 is 1.62 bits per heavy atom. The Hall–Kier alpha value is -10.6. The number of furan rings is 1. The van der Waals surface area contributed by atoms with Crippen molar-refractivity contribution in [1.29, 1.82) is 0 Å². The van der Waals surface area contributed by atoms with E-state index in [1.54, 1.807) is 0 Å². The number of allylic oxidation sites excluding steroid dienone is 2. The lowest BCUT2D eigenvalue weighted by Gasteiger charge is -2.49. The van der Waals surface area contributed by atoms with E-state index in [0.717, 1.165) is 107 Å². The van der Waals surface area contributed by atoms with Crippen LogP contribution in [-0.2, 0) is 0 Å². The summed E-state index contributed by atoms with van der Waals surface area (Å²) in [7, 11) is 0. The zero-order valence-corrected chi connectivity index (χ0v) is 48.0. The average molecular weight is 1130 g/mol. The van der Waals surface area contributed by atoms with Crippen molar-refractivity contribution in [2.45, 2.75) is 16.0 Å². The molecule has 13 aromatic rings. The van der Waals surface area contributed by atoms with Crippen LogP contribution in [0, 0.1) is 0 Å². The van der Waals surface area contributed by atoms with E-state index < -0.39 is 0 Å². The Bertz CT molecular complexity index is 4850. The summed E-state index contributed by atoms with van der Waals surface area (Å²) in [5.74, 6) is 1.77. The molecule has 0 saturated carbocycles. The van der Waals surface area contributed by atoms with E-state index in [0.29, 0.717) is 0 Å². The summed E-state index contributed by atoms with van der Waals surface area (Å²) in [6, 6.07) is 106. The fourth-order valence-corrected chi connectivity index (χ4v) is 16.2. The van der Waals surface area contributed by atoms with Gasteiger partial charge in [0.15, 0.2) is 0 Å². The molecule has 6 nitrogen and oxygen atoms in total. The molecule has 87 heavy (non-hydrogen) atoms. The summed E-state index contributed by atoms with van der Waals surface area (Å²) in [4.78, 5) is 11.2. The van der Waals surface area contributed by atoms with Crippen molar-refractivity contribution in [3.63, 3.8) is 0 Å². The van der Waals surface area contributed by atoms with Crippen LogP contribution in [0.5, 0.6) is 11.5 Å². The number of rotatable bonds is 9. The van der Waals surface area contributed by atoms with Crippen molar-refractivity contribution >= 4 is 132 Å². The molecule has 0 N–H and O–H groups in total. The third-order valence-electron chi connectivity index (χ3n) is 18.2. The predicted molar refractivity (Wildman–Crippen MR) is 364 cm³/mol. The van der Waals surface area contributed by atoms with Gasteiger partial charge in [-0.05, 0) is 154 Å². The van der Waals surface area contributed by atoms with E-state index in [1.807, 2.05) is 11.8 Å². The summed E-state index contributed by atoms with van der Waals surface area (Å²) in [6.07, 6.45) is 5.37. The largest absolute Gasteiger partial charge is 0.458 e. The van der Waals surface area contributed by atoms with Crippen LogP contribution in [0.1, 0.15) is 0 Å². The molecular formula is C78H52B2N4O2S. The molecule has 1 aromatic heterocycles. The first-order valence-corrected chi connectivity index (χ1v) is 30.8. The van der Waals surface area contributed by atoms with Gasteiger partial charge in [0, 0.05) is 89.4 Å². The molecule has 2 atom stereocenters. The van der Waals surface area contributed by atoms with Crippen molar-refractivity contribution in [1.82, 2.24) is 0 Å². The van der Waals surface area contributed by atoms with Crippen molar-refractivity contribution in [3.05, 3.63) is 315 Å². The molecule has 1 aliphatic carbocycles. The maximum Gasteiger partial charge on any atom is 0.255 e. The maximum atomic E-state index is 7.37. The highest BCUT2D eigenvalue weighted by Crippen LogP contribution is 2.57. The second kappa shape index (κ2) is 20.0. The monoisotopic (exact) mass is 1130 g/mol. The molecule has 0 saturated heterocycles. The Morgan fingerprint density at radius 1 is 0.402 bits per heavy atom. The quantitative estimate of drug-likeness (QED) is 0.133. The molecule has 0 spiro atoms. The lowest BCUT2D eigenvalue weighted by molar-refractivity contribution is 0.487. The summed E-state index contributed by atoms with van der Waals surface area (Å²) in [5, 5.41) is 2.17. The molecule has 5 heterocycles. The molecule has 4 aliphatic heterocycles. The normalized spacial score (nSPS) is 15.7. The first kappa shape index (κ1) is 49.8. The van der Waals surface area contributed by atoms with Gasteiger partial charge in [-0.25, -0.2) is 0 Å². The fourth-order valence-electron chi connectivity index (χ4n) is 14.7. The lowest BCUT2D eigenvalue weighted by atomic mass is 9.28. The number of ether oxygens (including phenoxy) is 1. The SMILES string of the molecule is C1=C2B3c4ccccc4Oc4cc(N(c5ccccc5)c5ccccc5)cc(c43)N(c3ccc4oc5ccccc5c4c3-c3ccccc3)C2=CC2Sc3cc(N(c4ccccc4)c4ccccc4)cc4c3B(c3ccccc3N4c3ccccc3)C12. The van der Waals surface area contributed by atoms with Crippen LogP contribution in [0.15, 0.2) is 324 Å². The standard InChI is InChI=1S/C78H52B2N4O2S/c1-7-25-51(26-8-1)75-65(43-44-71-76(75)59-37-19-23-41-69(59)85-71)84-66-50-73-63(49-62(66)80-61-39-21-24-42-70(61)86-72-47-57(45-67(84)77(72)80)81(52-27-9-2-10-28-52)53-29-11-3-12-30-53)79-60-38-20-22-40-64(60)83(56-35-17-6-18-36-56)68-46-58(48-74(87-73)78(68)79)82(54-31-13-4-14-32-54)55-33-15-5-16-34-55/h1-50,63,73H. The number of fused-ring (bicyclic) bond motifs is 11. The molecule has 5 aliphatic rings. The Morgan fingerprint density at radius 2 is 0.954 bits per heavy atom. The molecule has 0 fully saturated rings. The summed E-state index contributed by atoms with van der Waals surface area (Å²) >= 11 is 2.01. The van der Waals surface area contributed by atoms with Crippen molar-refractivity contribution in [2.24, 2.45) is 0 Å². The highest BCUT2D eigenvalue weighted by atomic mass is 32.2. The molecule has 0 bridgehead atoms. The Balaban J connectivity index is 0.932. The number of thioether (sulfide) groups is 1. The molecule has 2 unspecified atom stereocenters.